The first kappa shape index (κ1) is 17.0. The molecule has 1 aliphatic rings. The molecule has 0 saturated carbocycles. The molecule has 21 heavy (non-hydrogen) atoms. The van der Waals surface area contributed by atoms with Crippen molar-refractivity contribution in [2.45, 2.75) is 37.4 Å². The van der Waals surface area contributed by atoms with Crippen LogP contribution in [0.4, 0.5) is 5.82 Å². The number of β-amino-alcohol motifs (C(OH)–C–C–N with tert-alkyl or cyclic N) is 1. The average molecular weight is 332 g/mol. The van der Waals surface area contributed by atoms with Gasteiger partial charge in [-0.3, -0.25) is 0 Å². The number of anilines is 1. The maximum Gasteiger partial charge on any atom is 0.176 e. The van der Waals surface area contributed by atoms with E-state index in [4.69, 9.17) is 4.74 Å². The van der Waals surface area contributed by atoms with Gasteiger partial charge in [-0.15, -0.1) is 0 Å². The average Bonchev–Trinajstić information content (AvgIpc) is 2.91. The third-order valence-corrected chi connectivity index (χ3v) is 4.77. The Morgan fingerprint density at radius 3 is 2.76 bits per heavy atom. The van der Waals surface area contributed by atoms with Crippen molar-refractivity contribution in [1.29, 1.82) is 0 Å². The Bertz CT molecular complexity index is 430. The molecule has 0 radical (unpaired) electrons. The van der Waals surface area contributed by atoms with Gasteiger partial charge in [0.25, 0.3) is 0 Å². The molecular formula is C13H24N4O2S2. The smallest absolute Gasteiger partial charge is 0.176 e. The molecule has 120 valence electrons. The number of aromatic nitrogens is 2. The molecule has 8 heteroatoms. The lowest BCUT2D eigenvalue weighted by Crippen LogP contribution is -2.41. The highest BCUT2D eigenvalue weighted by Gasteiger charge is 2.20. The first-order valence-corrected chi connectivity index (χ1v) is 8.88. The van der Waals surface area contributed by atoms with Crippen molar-refractivity contribution in [3.05, 3.63) is 0 Å². The Labute approximate surface area is 134 Å². The molecule has 1 atom stereocenters. The minimum Gasteiger partial charge on any atom is -0.391 e. The standard InChI is InChI=1S/C13H24N4O2S2/c1-13(2,3)14-8-10(18)9-20-12-11(15-21-16-12)17-4-6-19-7-5-17/h10,14,18H,4-9H2,1-3H3/t10-/m0/s1. The largest absolute Gasteiger partial charge is 0.391 e. The first-order chi connectivity index (χ1) is 9.96. The highest BCUT2D eigenvalue weighted by atomic mass is 32.2. The van der Waals surface area contributed by atoms with Gasteiger partial charge in [-0.2, -0.15) is 8.75 Å². The third kappa shape index (κ3) is 5.71. The van der Waals surface area contributed by atoms with Gasteiger partial charge in [-0.1, -0.05) is 11.8 Å². The Hall–Kier alpha value is -0.410. The quantitative estimate of drug-likeness (QED) is 0.759. The number of ether oxygens (including phenoxy) is 1. The zero-order valence-electron chi connectivity index (χ0n) is 12.8. The zero-order valence-corrected chi connectivity index (χ0v) is 14.5. The third-order valence-electron chi connectivity index (χ3n) is 3.03. The molecular weight excluding hydrogens is 308 g/mol. The number of rotatable bonds is 6. The van der Waals surface area contributed by atoms with Gasteiger partial charge in [0.15, 0.2) is 10.8 Å². The van der Waals surface area contributed by atoms with Crippen LogP contribution in [0.3, 0.4) is 0 Å². The predicted molar refractivity (Wildman–Crippen MR) is 87.4 cm³/mol. The summed E-state index contributed by atoms with van der Waals surface area (Å²) in [5.74, 6) is 1.55. The van der Waals surface area contributed by atoms with E-state index in [0.29, 0.717) is 12.3 Å². The zero-order chi connectivity index (χ0) is 15.3. The van der Waals surface area contributed by atoms with Crippen LogP contribution in [-0.2, 0) is 4.74 Å². The number of aliphatic hydroxyl groups excluding tert-OH is 1. The summed E-state index contributed by atoms with van der Waals surface area (Å²) in [7, 11) is 0. The summed E-state index contributed by atoms with van der Waals surface area (Å²) >= 11 is 2.80. The van der Waals surface area contributed by atoms with Gasteiger partial charge in [-0.25, -0.2) is 0 Å². The Kier molecular flexibility index (Phi) is 6.24. The first-order valence-electron chi connectivity index (χ1n) is 7.17. The van der Waals surface area contributed by atoms with Crippen LogP contribution < -0.4 is 10.2 Å². The van der Waals surface area contributed by atoms with Crippen molar-refractivity contribution in [1.82, 2.24) is 14.1 Å². The molecule has 1 aromatic rings. The lowest BCUT2D eigenvalue weighted by molar-refractivity contribution is 0.122. The molecule has 2 heterocycles. The molecule has 1 aromatic heterocycles. The highest BCUT2D eigenvalue weighted by molar-refractivity contribution is 7.99. The molecule has 0 aromatic carbocycles. The molecule has 6 nitrogen and oxygen atoms in total. The molecule has 0 spiro atoms. The van der Waals surface area contributed by atoms with E-state index in [-0.39, 0.29) is 5.54 Å². The monoisotopic (exact) mass is 332 g/mol. The van der Waals surface area contributed by atoms with Crippen LogP contribution in [-0.4, -0.2) is 64.1 Å². The van der Waals surface area contributed by atoms with Crippen molar-refractivity contribution >= 4 is 29.3 Å². The number of nitrogens with zero attached hydrogens (tertiary/aromatic N) is 3. The van der Waals surface area contributed by atoms with E-state index in [2.05, 4.69) is 39.7 Å². The molecule has 0 bridgehead atoms. The summed E-state index contributed by atoms with van der Waals surface area (Å²) in [6.45, 7) is 10.0. The molecule has 0 aliphatic carbocycles. The number of morpholine rings is 1. The van der Waals surface area contributed by atoms with Crippen molar-refractivity contribution < 1.29 is 9.84 Å². The van der Waals surface area contributed by atoms with Gasteiger partial charge >= 0.3 is 0 Å². The minimum absolute atomic E-state index is 0.0206. The Morgan fingerprint density at radius 1 is 1.38 bits per heavy atom. The van der Waals surface area contributed by atoms with E-state index in [0.717, 1.165) is 37.1 Å². The molecule has 2 N–H and O–H groups in total. The topological polar surface area (TPSA) is 70.5 Å². The summed E-state index contributed by atoms with van der Waals surface area (Å²) in [6.07, 6.45) is -0.395. The van der Waals surface area contributed by atoms with Crippen LogP contribution in [0.2, 0.25) is 0 Å². The van der Waals surface area contributed by atoms with Crippen LogP contribution in [0.15, 0.2) is 5.03 Å². The summed E-state index contributed by atoms with van der Waals surface area (Å²) in [5, 5.41) is 14.3. The number of nitrogens with one attached hydrogen (secondary N) is 1. The van der Waals surface area contributed by atoms with Crippen molar-refractivity contribution in [2.75, 3.05) is 43.5 Å². The molecule has 0 amide bonds. The number of hydrogen-bond donors (Lipinski definition) is 2. The molecule has 2 rings (SSSR count). The number of aliphatic hydroxyl groups is 1. The predicted octanol–water partition coefficient (Wildman–Crippen LogP) is 1.22. The second-order valence-corrected chi connectivity index (χ2v) is 7.63. The van der Waals surface area contributed by atoms with E-state index in [1.165, 1.54) is 11.7 Å². The number of thioether (sulfide) groups is 1. The number of hydrogen-bond acceptors (Lipinski definition) is 8. The van der Waals surface area contributed by atoms with Gasteiger partial charge < -0.3 is 20.1 Å². The van der Waals surface area contributed by atoms with Gasteiger partial charge in [-0.05, 0) is 20.8 Å². The van der Waals surface area contributed by atoms with Crippen LogP contribution >= 0.6 is 23.5 Å². The van der Waals surface area contributed by atoms with Crippen LogP contribution in [0, 0.1) is 0 Å². The maximum atomic E-state index is 10.1. The summed E-state index contributed by atoms with van der Waals surface area (Å²) in [5.41, 5.74) is 0.0206. The van der Waals surface area contributed by atoms with Crippen molar-refractivity contribution in [3.63, 3.8) is 0 Å². The summed E-state index contributed by atoms with van der Waals surface area (Å²) in [4.78, 5) is 2.20. The fourth-order valence-corrected chi connectivity index (χ4v) is 3.51. The SMILES string of the molecule is CC(C)(C)NC[C@H](O)CSc1nsnc1N1CCOCC1. The second kappa shape index (κ2) is 7.73. The molecule has 1 saturated heterocycles. The fraction of sp³-hybridized carbons (Fsp3) is 0.846. The maximum absolute atomic E-state index is 10.1. The summed E-state index contributed by atoms with van der Waals surface area (Å²) in [6, 6.07) is 0. The normalized spacial score (nSPS) is 18.0. The fourth-order valence-electron chi connectivity index (χ4n) is 1.89. The molecule has 0 unspecified atom stereocenters. The molecule has 1 fully saturated rings. The van der Waals surface area contributed by atoms with Gasteiger partial charge in [0.2, 0.25) is 0 Å². The van der Waals surface area contributed by atoms with E-state index in [1.54, 1.807) is 11.8 Å². The lowest BCUT2D eigenvalue weighted by atomic mass is 10.1. The van der Waals surface area contributed by atoms with E-state index in [1.807, 2.05) is 0 Å². The lowest BCUT2D eigenvalue weighted by Gasteiger charge is -2.27. The van der Waals surface area contributed by atoms with E-state index >= 15 is 0 Å². The van der Waals surface area contributed by atoms with E-state index in [9.17, 15) is 5.11 Å². The summed E-state index contributed by atoms with van der Waals surface area (Å²) < 4.78 is 14.1. The van der Waals surface area contributed by atoms with E-state index < -0.39 is 6.10 Å². The van der Waals surface area contributed by atoms with Crippen LogP contribution in [0.1, 0.15) is 20.8 Å². The van der Waals surface area contributed by atoms with Crippen LogP contribution in [0.25, 0.3) is 0 Å². The highest BCUT2D eigenvalue weighted by Crippen LogP contribution is 2.29. The van der Waals surface area contributed by atoms with Gasteiger partial charge in [0.1, 0.15) is 0 Å². The van der Waals surface area contributed by atoms with Gasteiger partial charge in [0.05, 0.1) is 31.0 Å². The minimum atomic E-state index is -0.395. The van der Waals surface area contributed by atoms with Crippen molar-refractivity contribution in [2.24, 2.45) is 0 Å². The second-order valence-electron chi connectivity index (χ2n) is 6.09. The Balaban J connectivity index is 1.82. The van der Waals surface area contributed by atoms with Crippen molar-refractivity contribution in [3.8, 4) is 0 Å². The Morgan fingerprint density at radius 2 is 2.10 bits per heavy atom. The van der Waals surface area contributed by atoms with Crippen LogP contribution in [0.5, 0.6) is 0 Å². The van der Waals surface area contributed by atoms with Gasteiger partial charge in [0, 0.05) is 30.9 Å². The molecule has 1 aliphatic heterocycles.